The van der Waals surface area contributed by atoms with Crippen LogP contribution in [0.3, 0.4) is 0 Å². The van der Waals surface area contributed by atoms with E-state index in [2.05, 4.69) is 5.32 Å². The topological polar surface area (TPSA) is 78.8 Å². The number of nitrogens with zero attached hydrogens (tertiary/aromatic N) is 1. The van der Waals surface area contributed by atoms with E-state index in [1.165, 1.54) is 7.11 Å². The zero-order valence-corrected chi connectivity index (χ0v) is 16.6. The van der Waals surface area contributed by atoms with Gasteiger partial charge in [-0.15, -0.1) is 0 Å². The van der Waals surface area contributed by atoms with Crippen molar-refractivity contribution in [2.45, 2.75) is 34.2 Å². The van der Waals surface area contributed by atoms with Gasteiger partial charge >= 0.3 is 5.97 Å². The van der Waals surface area contributed by atoms with Gasteiger partial charge in [-0.05, 0) is 45.4 Å². The van der Waals surface area contributed by atoms with Crippen LogP contribution in [0, 0.1) is 13.8 Å². The van der Waals surface area contributed by atoms with Crippen LogP contribution in [-0.2, 0) is 11.3 Å². The molecule has 0 aliphatic rings. The molecule has 0 radical (unpaired) electrons. The Morgan fingerprint density at radius 2 is 1.81 bits per heavy atom. The number of esters is 1. The summed E-state index contributed by atoms with van der Waals surface area (Å²) in [6, 6.07) is 5.14. The van der Waals surface area contributed by atoms with E-state index >= 15 is 0 Å². The zero-order valence-electron chi connectivity index (χ0n) is 16.6. The molecule has 0 bridgehead atoms. The summed E-state index contributed by atoms with van der Waals surface area (Å²) in [4.78, 5) is 25.3. The molecular formula is C20H26N2O5. The highest BCUT2D eigenvalue weighted by Gasteiger charge is 2.27. The van der Waals surface area contributed by atoms with Crippen LogP contribution in [0.25, 0.3) is 0 Å². The number of anilines is 1. The fourth-order valence-electron chi connectivity index (χ4n) is 3.17. The minimum absolute atomic E-state index is 0.275. The molecule has 1 amide bonds. The molecule has 0 fully saturated rings. The van der Waals surface area contributed by atoms with Crippen molar-refractivity contribution in [3.05, 3.63) is 40.7 Å². The average Bonchev–Trinajstić information content (AvgIpc) is 2.91. The Labute approximate surface area is 159 Å². The largest absolute Gasteiger partial charge is 0.497 e. The molecule has 0 saturated carbocycles. The van der Waals surface area contributed by atoms with Gasteiger partial charge in [-0.25, -0.2) is 4.79 Å². The van der Waals surface area contributed by atoms with Crippen LogP contribution in [0.4, 0.5) is 5.69 Å². The van der Waals surface area contributed by atoms with E-state index in [0.29, 0.717) is 46.2 Å². The number of benzene rings is 1. The van der Waals surface area contributed by atoms with Gasteiger partial charge in [-0.2, -0.15) is 0 Å². The van der Waals surface area contributed by atoms with E-state index in [1.54, 1.807) is 43.7 Å². The van der Waals surface area contributed by atoms with Gasteiger partial charge in [-0.1, -0.05) is 0 Å². The number of hydrogen-bond donors (Lipinski definition) is 1. The molecule has 0 unspecified atom stereocenters. The van der Waals surface area contributed by atoms with Crippen LogP contribution < -0.4 is 14.8 Å². The Morgan fingerprint density at radius 1 is 1.11 bits per heavy atom. The number of aromatic nitrogens is 1. The van der Waals surface area contributed by atoms with E-state index < -0.39 is 5.97 Å². The van der Waals surface area contributed by atoms with Crippen LogP contribution >= 0.6 is 0 Å². The maximum atomic E-state index is 13.0. The summed E-state index contributed by atoms with van der Waals surface area (Å²) < 4.78 is 17.5. The van der Waals surface area contributed by atoms with Crippen molar-refractivity contribution < 1.29 is 23.8 Å². The third-order valence-corrected chi connectivity index (χ3v) is 4.44. The molecule has 0 atom stereocenters. The SMILES string of the molecule is CCOC(=O)c1c(C)c(C(=O)Nc2ccc(OC)cc2OC)c(C)n1CC. The lowest BCUT2D eigenvalue weighted by atomic mass is 10.1. The molecule has 2 aromatic rings. The summed E-state index contributed by atoms with van der Waals surface area (Å²) in [5, 5.41) is 2.86. The monoisotopic (exact) mass is 374 g/mol. The Kier molecular flexibility index (Phi) is 6.50. The lowest BCUT2D eigenvalue weighted by Gasteiger charge is -2.12. The third-order valence-electron chi connectivity index (χ3n) is 4.44. The number of carbonyl (C=O) groups is 2. The first kappa shape index (κ1) is 20.4. The second-order valence-corrected chi connectivity index (χ2v) is 5.92. The van der Waals surface area contributed by atoms with E-state index in [-0.39, 0.29) is 12.5 Å². The number of hydrogen-bond acceptors (Lipinski definition) is 5. The number of methoxy groups -OCH3 is 2. The molecule has 1 aromatic carbocycles. The first-order chi connectivity index (χ1) is 12.9. The Bertz CT molecular complexity index is 855. The second-order valence-electron chi connectivity index (χ2n) is 5.92. The highest BCUT2D eigenvalue weighted by molar-refractivity contribution is 6.09. The van der Waals surface area contributed by atoms with Crippen molar-refractivity contribution in [1.82, 2.24) is 4.57 Å². The van der Waals surface area contributed by atoms with Crippen molar-refractivity contribution in [2.75, 3.05) is 26.1 Å². The van der Waals surface area contributed by atoms with Gasteiger partial charge in [-0.3, -0.25) is 4.79 Å². The average molecular weight is 374 g/mol. The fraction of sp³-hybridized carbons (Fsp3) is 0.400. The molecule has 7 heteroatoms. The van der Waals surface area contributed by atoms with Gasteiger partial charge in [0.15, 0.2) is 0 Å². The van der Waals surface area contributed by atoms with Crippen LogP contribution in [0.5, 0.6) is 11.5 Å². The number of rotatable bonds is 7. The van der Waals surface area contributed by atoms with Gasteiger partial charge in [0.2, 0.25) is 0 Å². The molecule has 0 saturated heterocycles. The first-order valence-electron chi connectivity index (χ1n) is 8.79. The summed E-state index contributed by atoms with van der Waals surface area (Å²) >= 11 is 0. The Balaban J connectivity index is 2.44. The molecule has 1 heterocycles. The van der Waals surface area contributed by atoms with E-state index in [9.17, 15) is 9.59 Å². The van der Waals surface area contributed by atoms with Crippen LogP contribution in [0.15, 0.2) is 18.2 Å². The molecule has 7 nitrogen and oxygen atoms in total. The van der Waals surface area contributed by atoms with Gasteiger partial charge < -0.3 is 24.1 Å². The normalized spacial score (nSPS) is 10.4. The van der Waals surface area contributed by atoms with Crippen molar-refractivity contribution in [3.8, 4) is 11.5 Å². The Morgan fingerprint density at radius 3 is 2.37 bits per heavy atom. The summed E-state index contributed by atoms with van der Waals surface area (Å²) in [5.41, 5.74) is 2.69. The fourth-order valence-corrected chi connectivity index (χ4v) is 3.17. The summed E-state index contributed by atoms with van der Waals surface area (Å²) in [7, 11) is 3.08. The standard InChI is InChI=1S/C20H26N2O5/c1-7-22-13(4)17(12(3)18(22)20(24)27-8-2)19(23)21-15-10-9-14(25-5)11-16(15)26-6/h9-11H,7-8H2,1-6H3,(H,21,23). The molecule has 2 rings (SSSR count). The third kappa shape index (κ3) is 3.92. The number of nitrogens with one attached hydrogen (secondary N) is 1. The molecule has 0 spiro atoms. The number of carbonyl (C=O) groups excluding carboxylic acids is 2. The van der Waals surface area contributed by atoms with E-state index in [1.807, 2.05) is 13.8 Å². The van der Waals surface area contributed by atoms with Crippen molar-refractivity contribution in [3.63, 3.8) is 0 Å². The van der Waals surface area contributed by atoms with Gasteiger partial charge in [0.1, 0.15) is 17.2 Å². The highest BCUT2D eigenvalue weighted by atomic mass is 16.5. The number of amides is 1. The maximum absolute atomic E-state index is 13.0. The van der Waals surface area contributed by atoms with Crippen molar-refractivity contribution in [2.24, 2.45) is 0 Å². The van der Waals surface area contributed by atoms with Crippen molar-refractivity contribution >= 4 is 17.6 Å². The van der Waals surface area contributed by atoms with E-state index in [4.69, 9.17) is 14.2 Å². The predicted molar refractivity (Wildman–Crippen MR) is 103 cm³/mol. The lowest BCUT2D eigenvalue weighted by Crippen LogP contribution is -2.15. The lowest BCUT2D eigenvalue weighted by molar-refractivity contribution is 0.0512. The quantitative estimate of drug-likeness (QED) is 0.750. The maximum Gasteiger partial charge on any atom is 0.355 e. The van der Waals surface area contributed by atoms with Gasteiger partial charge in [0.05, 0.1) is 32.1 Å². The molecule has 0 aliphatic carbocycles. The number of ether oxygens (including phenoxy) is 3. The molecule has 0 aliphatic heterocycles. The van der Waals surface area contributed by atoms with Gasteiger partial charge in [0, 0.05) is 18.3 Å². The van der Waals surface area contributed by atoms with Gasteiger partial charge in [0.25, 0.3) is 5.91 Å². The molecule has 1 aromatic heterocycles. The minimum Gasteiger partial charge on any atom is -0.497 e. The second kappa shape index (κ2) is 8.62. The zero-order chi connectivity index (χ0) is 20.1. The van der Waals surface area contributed by atoms with E-state index in [0.717, 1.165) is 0 Å². The molecule has 1 N–H and O–H groups in total. The predicted octanol–water partition coefficient (Wildman–Crippen LogP) is 3.57. The van der Waals surface area contributed by atoms with Crippen LogP contribution in [0.2, 0.25) is 0 Å². The van der Waals surface area contributed by atoms with Crippen LogP contribution in [-0.4, -0.2) is 37.3 Å². The molecule has 27 heavy (non-hydrogen) atoms. The molecule has 146 valence electrons. The van der Waals surface area contributed by atoms with Crippen LogP contribution in [0.1, 0.15) is 46.0 Å². The first-order valence-corrected chi connectivity index (χ1v) is 8.79. The Hall–Kier alpha value is -2.96. The van der Waals surface area contributed by atoms with Crippen molar-refractivity contribution in [1.29, 1.82) is 0 Å². The minimum atomic E-state index is -0.430. The summed E-state index contributed by atoms with van der Waals surface area (Å²) in [6.07, 6.45) is 0. The summed E-state index contributed by atoms with van der Waals surface area (Å²) in [6.45, 7) is 8.08. The molecular weight excluding hydrogens is 348 g/mol. The highest BCUT2D eigenvalue weighted by Crippen LogP contribution is 2.31. The smallest absolute Gasteiger partial charge is 0.355 e. The summed E-state index contributed by atoms with van der Waals surface area (Å²) in [5.74, 6) is 0.365.